The van der Waals surface area contributed by atoms with Crippen LogP contribution in [0, 0.1) is 0 Å². The number of rotatable bonds is 0. The molecule has 1 saturated heterocycles. The first-order valence-corrected chi connectivity index (χ1v) is 8.23. The SMILES string of the molecule is O=C1CCCC(=O)NCCCCCCCCNC(=O)CC1. The zero-order valence-electron chi connectivity index (χ0n) is 12.9. The van der Waals surface area contributed by atoms with E-state index in [4.69, 9.17) is 0 Å². The third kappa shape index (κ3) is 10.0. The monoisotopic (exact) mass is 296 g/mol. The Hall–Kier alpha value is -1.39. The Balaban J connectivity index is 2.30. The van der Waals surface area contributed by atoms with Crippen molar-refractivity contribution in [3.8, 4) is 0 Å². The second-order valence-corrected chi connectivity index (χ2v) is 5.71. The van der Waals surface area contributed by atoms with Crippen LogP contribution in [0.2, 0.25) is 0 Å². The minimum atomic E-state index is -0.0396. The van der Waals surface area contributed by atoms with Crippen LogP contribution in [-0.4, -0.2) is 30.7 Å². The third-order valence-electron chi connectivity index (χ3n) is 3.74. The van der Waals surface area contributed by atoms with Gasteiger partial charge in [0.15, 0.2) is 0 Å². The summed E-state index contributed by atoms with van der Waals surface area (Å²) in [6.45, 7) is 1.45. The van der Waals surface area contributed by atoms with Gasteiger partial charge in [0.1, 0.15) is 5.78 Å². The van der Waals surface area contributed by atoms with Crippen LogP contribution in [0.25, 0.3) is 0 Å². The van der Waals surface area contributed by atoms with Gasteiger partial charge < -0.3 is 10.6 Å². The van der Waals surface area contributed by atoms with Crippen molar-refractivity contribution in [1.82, 2.24) is 10.6 Å². The minimum Gasteiger partial charge on any atom is -0.356 e. The van der Waals surface area contributed by atoms with Gasteiger partial charge in [-0.25, -0.2) is 0 Å². The first-order chi connectivity index (χ1) is 10.2. The molecule has 0 aromatic heterocycles. The van der Waals surface area contributed by atoms with Gasteiger partial charge in [-0.3, -0.25) is 14.4 Å². The van der Waals surface area contributed by atoms with Crippen molar-refractivity contribution in [1.29, 1.82) is 0 Å². The van der Waals surface area contributed by atoms with Crippen LogP contribution in [0.15, 0.2) is 0 Å². The molecule has 0 spiro atoms. The first kappa shape index (κ1) is 17.7. The van der Waals surface area contributed by atoms with Crippen LogP contribution in [0.4, 0.5) is 0 Å². The van der Waals surface area contributed by atoms with Gasteiger partial charge in [-0.2, -0.15) is 0 Å². The van der Waals surface area contributed by atoms with E-state index in [1.807, 2.05) is 0 Å². The molecule has 1 aliphatic rings. The molecule has 2 N–H and O–H groups in total. The van der Waals surface area contributed by atoms with Gasteiger partial charge >= 0.3 is 0 Å². The summed E-state index contributed by atoms with van der Waals surface area (Å²) in [6, 6.07) is 0. The highest BCUT2D eigenvalue weighted by molar-refractivity contribution is 5.85. The maximum Gasteiger partial charge on any atom is 0.220 e. The van der Waals surface area contributed by atoms with Crippen molar-refractivity contribution < 1.29 is 14.4 Å². The second kappa shape index (κ2) is 11.3. The zero-order chi connectivity index (χ0) is 15.3. The lowest BCUT2D eigenvalue weighted by Gasteiger charge is -2.07. The van der Waals surface area contributed by atoms with E-state index in [1.54, 1.807) is 0 Å². The largest absolute Gasteiger partial charge is 0.356 e. The summed E-state index contributed by atoms with van der Waals surface area (Å²) in [6.07, 6.45) is 8.53. The molecule has 5 nitrogen and oxygen atoms in total. The molecule has 0 aromatic rings. The Morgan fingerprint density at radius 2 is 1.05 bits per heavy atom. The van der Waals surface area contributed by atoms with Crippen molar-refractivity contribution in [2.75, 3.05) is 13.1 Å². The van der Waals surface area contributed by atoms with E-state index in [0.29, 0.717) is 25.8 Å². The normalized spacial score (nSPS) is 21.8. The molecule has 0 atom stereocenters. The van der Waals surface area contributed by atoms with Crippen LogP contribution >= 0.6 is 0 Å². The lowest BCUT2D eigenvalue weighted by Crippen LogP contribution is -2.25. The van der Waals surface area contributed by atoms with Gasteiger partial charge in [0.25, 0.3) is 0 Å². The van der Waals surface area contributed by atoms with Crippen LogP contribution in [0.5, 0.6) is 0 Å². The highest BCUT2D eigenvalue weighted by Gasteiger charge is 2.08. The lowest BCUT2D eigenvalue weighted by molar-refractivity contribution is -0.125. The van der Waals surface area contributed by atoms with E-state index >= 15 is 0 Å². The molecular formula is C16H28N2O3. The van der Waals surface area contributed by atoms with Crippen LogP contribution in [0.3, 0.4) is 0 Å². The molecule has 1 aliphatic heterocycles. The molecule has 0 radical (unpaired) electrons. The highest BCUT2D eigenvalue weighted by Crippen LogP contribution is 2.06. The number of carbonyl (C=O) groups is 3. The molecule has 0 unspecified atom stereocenters. The van der Waals surface area contributed by atoms with Gasteiger partial charge in [0, 0.05) is 38.8 Å². The standard InChI is InChI=1S/C16H28N2O3/c19-14-8-7-9-15(20)17-12-5-3-1-2-4-6-13-18-16(21)11-10-14/h1-13H2,(H,17,20)(H,18,21). The second-order valence-electron chi connectivity index (χ2n) is 5.71. The van der Waals surface area contributed by atoms with Gasteiger partial charge in [-0.05, 0) is 19.3 Å². The van der Waals surface area contributed by atoms with E-state index in [1.165, 1.54) is 12.8 Å². The summed E-state index contributed by atoms with van der Waals surface area (Å²) in [5.41, 5.74) is 0. The summed E-state index contributed by atoms with van der Waals surface area (Å²) >= 11 is 0. The summed E-state index contributed by atoms with van der Waals surface area (Å²) in [7, 11) is 0. The molecule has 1 heterocycles. The molecule has 2 amide bonds. The van der Waals surface area contributed by atoms with E-state index in [0.717, 1.165) is 32.2 Å². The number of ketones is 1. The Kier molecular flexibility index (Phi) is 9.49. The fourth-order valence-electron chi connectivity index (χ4n) is 2.41. The highest BCUT2D eigenvalue weighted by atomic mass is 16.2. The fraction of sp³-hybridized carbons (Fsp3) is 0.812. The molecule has 21 heavy (non-hydrogen) atoms. The molecular weight excluding hydrogens is 268 g/mol. The summed E-state index contributed by atoms with van der Waals surface area (Å²) in [4.78, 5) is 34.7. The first-order valence-electron chi connectivity index (χ1n) is 8.23. The van der Waals surface area contributed by atoms with Crippen LogP contribution in [0.1, 0.15) is 70.6 Å². The van der Waals surface area contributed by atoms with E-state index in [2.05, 4.69) is 10.6 Å². The maximum atomic E-state index is 11.6. The van der Waals surface area contributed by atoms with Gasteiger partial charge in [-0.1, -0.05) is 25.7 Å². The molecule has 0 bridgehead atoms. The van der Waals surface area contributed by atoms with Crippen molar-refractivity contribution in [2.45, 2.75) is 70.6 Å². The average molecular weight is 296 g/mol. The van der Waals surface area contributed by atoms with Crippen molar-refractivity contribution in [2.24, 2.45) is 0 Å². The minimum absolute atomic E-state index is 0.0293. The Morgan fingerprint density at radius 3 is 1.67 bits per heavy atom. The molecule has 120 valence electrons. The fourth-order valence-corrected chi connectivity index (χ4v) is 2.41. The predicted molar refractivity (Wildman–Crippen MR) is 81.8 cm³/mol. The summed E-state index contributed by atoms with van der Waals surface area (Å²) < 4.78 is 0. The predicted octanol–water partition coefficient (Wildman–Crippen LogP) is 2.09. The van der Waals surface area contributed by atoms with Crippen LogP contribution < -0.4 is 10.6 Å². The topological polar surface area (TPSA) is 75.3 Å². The number of nitrogens with one attached hydrogen (secondary N) is 2. The van der Waals surface area contributed by atoms with Crippen molar-refractivity contribution in [3.63, 3.8) is 0 Å². The molecule has 0 saturated carbocycles. The molecule has 1 rings (SSSR count). The summed E-state index contributed by atoms with van der Waals surface area (Å²) in [5.74, 6) is 0.0583. The zero-order valence-corrected chi connectivity index (χ0v) is 12.9. The number of Topliss-reactive ketones (excluding diaryl/α,β-unsaturated/α-hetero) is 1. The smallest absolute Gasteiger partial charge is 0.220 e. The van der Waals surface area contributed by atoms with Crippen molar-refractivity contribution in [3.05, 3.63) is 0 Å². The number of carbonyl (C=O) groups excluding carboxylic acids is 3. The Bertz CT molecular complexity index is 342. The quantitative estimate of drug-likeness (QED) is 0.718. The van der Waals surface area contributed by atoms with Crippen molar-refractivity contribution >= 4 is 17.6 Å². The number of amides is 2. The van der Waals surface area contributed by atoms with E-state index < -0.39 is 0 Å². The third-order valence-corrected chi connectivity index (χ3v) is 3.74. The van der Waals surface area contributed by atoms with Gasteiger partial charge in [0.2, 0.25) is 11.8 Å². The van der Waals surface area contributed by atoms with E-state index in [-0.39, 0.29) is 30.4 Å². The Labute approximate surface area is 127 Å². The van der Waals surface area contributed by atoms with Gasteiger partial charge in [0.05, 0.1) is 0 Å². The molecule has 5 heteroatoms. The maximum absolute atomic E-state index is 11.6. The average Bonchev–Trinajstić information content (AvgIpc) is 2.46. The molecule has 0 aromatic carbocycles. The van der Waals surface area contributed by atoms with Gasteiger partial charge in [-0.15, -0.1) is 0 Å². The van der Waals surface area contributed by atoms with E-state index in [9.17, 15) is 14.4 Å². The lowest BCUT2D eigenvalue weighted by atomic mass is 10.1. The molecule has 0 aliphatic carbocycles. The summed E-state index contributed by atoms with van der Waals surface area (Å²) in [5, 5.41) is 5.75. The number of hydrogen-bond acceptors (Lipinski definition) is 3. The molecule has 1 fully saturated rings. The van der Waals surface area contributed by atoms with Crippen LogP contribution in [-0.2, 0) is 14.4 Å². The Morgan fingerprint density at radius 1 is 0.524 bits per heavy atom. The number of hydrogen-bond donors (Lipinski definition) is 2.